The molecule has 1 heterocycles. The van der Waals surface area contributed by atoms with Crippen LogP contribution in [0.2, 0.25) is 0 Å². The molecule has 1 amide bonds. The summed E-state index contributed by atoms with van der Waals surface area (Å²) < 4.78 is 5.24. The molecule has 98 valence electrons. The Balaban J connectivity index is 1.89. The van der Waals surface area contributed by atoms with Gasteiger partial charge in [0.15, 0.2) is 0 Å². The predicted octanol–water partition coefficient (Wildman–Crippen LogP) is 1.02. The van der Waals surface area contributed by atoms with Gasteiger partial charge in [-0.1, -0.05) is 12.1 Å². The van der Waals surface area contributed by atoms with Crippen LogP contribution in [0.3, 0.4) is 0 Å². The molecule has 1 saturated heterocycles. The first-order chi connectivity index (χ1) is 8.69. The van der Waals surface area contributed by atoms with Gasteiger partial charge in [0.1, 0.15) is 5.75 Å². The van der Waals surface area contributed by atoms with Gasteiger partial charge in [0, 0.05) is 12.6 Å². The Hall–Kier alpha value is -1.55. The summed E-state index contributed by atoms with van der Waals surface area (Å²) in [5.41, 5.74) is 2.44. The van der Waals surface area contributed by atoms with Crippen molar-refractivity contribution >= 4 is 5.91 Å². The first kappa shape index (κ1) is 12.9. The van der Waals surface area contributed by atoms with E-state index in [9.17, 15) is 4.79 Å². The van der Waals surface area contributed by atoms with E-state index in [0.717, 1.165) is 30.7 Å². The molecule has 1 aliphatic rings. The van der Waals surface area contributed by atoms with Crippen molar-refractivity contribution in [2.75, 3.05) is 20.2 Å². The van der Waals surface area contributed by atoms with Crippen molar-refractivity contribution in [3.05, 3.63) is 29.3 Å². The highest BCUT2D eigenvalue weighted by molar-refractivity contribution is 5.79. The number of amides is 1. The number of piperazine rings is 1. The van der Waals surface area contributed by atoms with Crippen molar-refractivity contribution in [3.63, 3.8) is 0 Å². The number of hydrogen-bond acceptors (Lipinski definition) is 3. The average Bonchev–Trinajstić information content (AvgIpc) is 2.37. The number of nitrogens with one attached hydrogen (secondary N) is 2. The summed E-state index contributed by atoms with van der Waals surface area (Å²) in [6.45, 7) is 3.35. The Morgan fingerprint density at radius 2 is 2.28 bits per heavy atom. The molecular weight excluding hydrogens is 228 g/mol. The van der Waals surface area contributed by atoms with E-state index in [-0.39, 0.29) is 11.9 Å². The Morgan fingerprint density at radius 1 is 1.44 bits per heavy atom. The fourth-order valence-corrected chi connectivity index (χ4v) is 2.30. The molecule has 1 aromatic rings. The third-order valence-electron chi connectivity index (χ3n) is 3.28. The number of benzene rings is 1. The van der Waals surface area contributed by atoms with E-state index < -0.39 is 0 Å². The molecule has 1 atom stereocenters. The van der Waals surface area contributed by atoms with Crippen molar-refractivity contribution in [3.8, 4) is 5.75 Å². The first-order valence-electron chi connectivity index (χ1n) is 6.32. The van der Waals surface area contributed by atoms with Crippen LogP contribution in [0, 0.1) is 6.92 Å². The standard InChI is InChI=1S/C14H20N2O2/c1-10-7-11(4-6-13(10)18-2)3-5-12-8-15-9-14(17)16-12/h4,6-7,12,15H,3,5,8-9H2,1-2H3,(H,16,17). The van der Waals surface area contributed by atoms with Crippen molar-refractivity contribution in [2.24, 2.45) is 0 Å². The molecular formula is C14H20N2O2. The average molecular weight is 248 g/mol. The third-order valence-corrected chi connectivity index (χ3v) is 3.28. The number of methoxy groups -OCH3 is 1. The largest absolute Gasteiger partial charge is 0.496 e. The van der Waals surface area contributed by atoms with E-state index in [1.165, 1.54) is 5.56 Å². The van der Waals surface area contributed by atoms with Gasteiger partial charge >= 0.3 is 0 Å². The molecule has 1 unspecified atom stereocenters. The SMILES string of the molecule is COc1ccc(CCC2CNCC(=O)N2)cc1C. The second kappa shape index (κ2) is 5.87. The fraction of sp³-hybridized carbons (Fsp3) is 0.500. The van der Waals surface area contributed by atoms with Crippen LogP contribution in [-0.2, 0) is 11.2 Å². The first-order valence-corrected chi connectivity index (χ1v) is 6.32. The van der Waals surface area contributed by atoms with Gasteiger partial charge in [-0.05, 0) is 37.0 Å². The van der Waals surface area contributed by atoms with Gasteiger partial charge in [-0.3, -0.25) is 4.79 Å². The van der Waals surface area contributed by atoms with E-state index >= 15 is 0 Å². The second-order valence-electron chi connectivity index (χ2n) is 4.74. The van der Waals surface area contributed by atoms with Crippen molar-refractivity contribution < 1.29 is 9.53 Å². The van der Waals surface area contributed by atoms with Crippen LogP contribution in [-0.4, -0.2) is 32.1 Å². The van der Waals surface area contributed by atoms with Crippen LogP contribution in [0.25, 0.3) is 0 Å². The van der Waals surface area contributed by atoms with E-state index in [4.69, 9.17) is 4.74 Å². The third kappa shape index (κ3) is 3.23. The maximum Gasteiger partial charge on any atom is 0.234 e. The maximum absolute atomic E-state index is 11.2. The van der Waals surface area contributed by atoms with Gasteiger partial charge in [0.25, 0.3) is 0 Å². The topological polar surface area (TPSA) is 50.4 Å². The van der Waals surface area contributed by atoms with Crippen LogP contribution >= 0.6 is 0 Å². The van der Waals surface area contributed by atoms with Crippen LogP contribution in [0.1, 0.15) is 17.5 Å². The van der Waals surface area contributed by atoms with Crippen molar-refractivity contribution in [1.82, 2.24) is 10.6 Å². The van der Waals surface area contributed by atoms with E-state index in [1.807, 2.05) is 13.0 Å². The molecule has 0 spiro atoms. The Labute approximate surface area is 108 Å². The number of rotatable bonds is 4. The minimum absolute atomic E-state index is 0.0946. The molecule has 0 saturated carbocycles. The van der Waals surface area contributed by atoms with Gasteiger partial charge in [0.05, 0.1) is 13.7 Å². The van der Waals surface area contributed by atoms with Crippen LogP contribution in [0.15, 0.2) is 18.2 Å². The zero-order valence-electron chi connectivity index (χ0n) is 11.0. The Bertz CT molecular complexity index is 432. The summed E-state index contributed by atoms with van der Waals surface area (Å²) in [6, 6.07) is 6.48. The highest BCUT2D eigenvalue weighted by atomic mass is 16.5. The minimum Gasteiger partial charge on any atom is -0.496 e. The predicted molar refractivity (Wildman–Crippen MR) is 70.9 cm³/mol. The van der Waals surface area contributed by atoms with Gasteiger partial charge in [-0.15, -0.1) is 0 Å². The molecule has 1 fully saturated rings. The molecule has 18 heavy (non-hydrogen) atoms. The van der Waals surface area contributed by atoms with Gasteiger partial charge < -0.3 is 15.4 Å². The molecule has 1 aliphatic heterocycles. The molecule has 4 heteroatoms. The Morgan fingerprint density at radius 3 is 2.94 bits per heavy atom. The van der Waals surface area contributed by atoms with Gasteiger partial charge in [0.2, 0.25) is 5.91 Å². The lowest BCUT2D eigenvalue weighted by molar-refractivity contribution is -0.122. The summed E-state index contributed by atoms with van der Waals surface area (Å²) in [7, 11) is 1.69. The summed E-state index contributed by atoms with van der Waals surface area (Å²) >= 11 is 0. The van der Waals surface area contributed by atoms with E-state index in [1.54, 1.807) is 7.11 Å². The monoisotopic (exact) mass is 248 g/mol. The van der Waals surface area contributed by atoms with Gasteiger partial charge in [-0.2, -0.15) is 0 Å². The molecule has 2 N–H and O–H groups in total. The lowest BCUT2D eigenvalue weighted by Crippen LogP contribution is -2.52. The highest BCUT2D eigenvalue weighted by Crippen LogP contribution is 2.19. The lowest BCUT2D eigenvalue weighted by atomic mass is 10.0. The number of carbonyl (C=O) groups excluding carboxylic acids is 1. The van der Waals surface area contributed by atoms with E-state index in [0.29, 0.717) is 6.54 Å². The van der Waals surface area contributed by atoms with Crippen LogP contribution in [0.4, 0.5) is 0 Å². The van der Waals surface area contributed by atoms with Crippen LogP contribution in [0.5, 0.6) is 5.75 Å². The summed E-state index contributed by atoms with van der Waals surface area (Å²) in [5, 5.41) is 6.12. The van der Waals surface area contributed by atoms with Crippen molar-refractivity contribution in [2.45, 2.75) is 25.8 Å². The van der Waals surface area contributed by atoms with Crippen LogP contribution < -0.4 is 15.4 Å². The smallest absolute Gasteiger partial charge is 0.234 e. The molecule has 0 aromatic heterocycles. The van der Waals surface area contributed by atoms with Crippen molar-refractivity contribution in [1.29, 1.82) is 0 Å². The number of carbonyl (C=O) groups is 1. The molecule has 0 bridgehead atoms. The Kier molecular flexibility index (Phi) is 4.20. The molecule has 0 radical (unpaired) electrons. The zero-order chi connectivity index (χ0) is 13.0. The lowest BCUT2D eigenvalue weighted by Gasteiger charge is -2.24. The fourth-order valence-electron chi connectivity index (χ4n) is 2.30. The van der Waals surface area contributed by atoms with Gasteiger partial charge in [-0.25, -0.2) is 0 Å². The zero-order valence-corrected chi connectivity index (χ0v) is 11.0. The summed E-state index contributed by atoms with van der Waals surface area (Å²) in [5.74, 6) is 1.02. The minimum atomic E-state index is 0.0946. The number of hydrogen-bond donors (Lipinski definition) is 2. The number of ether oxygens (including phenoxy) is 1. The highest BCUT2D eigenvalue weighted by Gasteiger charge is 2.17. The molecule has 4 nitrogen and oxygen atoms in total. The molecule has 2 rings (SSSR count). The van der Waals surface area contributed by atoms with E-state index in [2.05, 4.69) is 22.8 Å². The molecule has 1 aromatic carbocycles. The molecule has 0 aliphatic carbocycles. The quantitative estimate of drug-likeness (QED) is 0.836. The number of aryl methyl sites for hydroxylation is 2. The summed E-state index contributed by atoms with van der Waals surface area (Å²) in [4.78, 5) is 11.2. The maximum atomic E-state index is 11.2. The normalized spacial score (nSPS) is 19.4. The second-order valence-corrected chi connectivity index (χ2v) is 4.74. The summed E-state index contributed by atoms with van der Waals surface area (Å²) in [6.07, 6.45) is 1.93.